The van der Waals surface area contributed by atoms with Gasteiger partial charge in [0.15, 0.2) is 0 Å². The zero-order valence-corrected chi connectivity index (χ0v) is 13.7. The van der Waals surface area contributed by atoms with Gasteiger partial charge in [-0.1, -0.05) is 31.5 Å². The maximum atomic E-state index is 12.6. The molecule has 1 aromatic carbocycles. The van der Waals surface area contributed by atoms with E-state index >= 15 is 0 Å². The average Bonchev–Trinajstić information content (AvgIpc) is 2.55. The van der Waals surface area contributed by atoms with Gasteiger partial charge in [0, 0.05) is 19.1 Å². The fourth-order valence-corrected chi connectivity index (χ4v) is 3.89. The zero-order chi connectivity index (χ0) is 15.5. The predicted molar refractivity (Wildman–Crippen MR) is 89.7 cm³/mol. The molecule has 120 valence electrons. The predicted octanol–water partition coefficient (Wildman–Crippen LogP) is 2.69. The van der Waals surface area contributed by atoms with Crippen molar-refractivity contribution >= 4 is 5.91 Å². The molecule has 0 aromatic heterocycles. The number of aryl methyl sites for hydroxylation is 2. The Morgan fingerprint density at radius 1 is 1.27 bits per heavy atom. The van der Waals surface area contributed by atoms with Crippen LogP contribution in [0.4, 0.5) is 0 Å². The van der Waals surface area contributed by atoms with Gasteiger partial charge in [-0.15, -0.1) is 0 Å². The van der Waals surface area contributed by atoms with Crippen LogP contribution in [0, 0.1) is 5.92 Å². The summed E-state index contributed by atoms with van der Waals surface area (Å²) in [5.74, 6) is 0.724. The lowest BCUT2D eigenvalue weighted by atomic mass is 9.89. The number of fused-ring (bicyclic) bond motifs is 1. The fourth-order valence-electron chi connectivity index (χ4n) is 3.89. The second-order valence-corrected chi connectivity index (χ2v) is 6.95. The first-order valence-corrected chi connectivity index (χ1v) is 8.81. The third-order valence-corrected chi connectivity index (χ3v) is 5.44. The van der Waals surface area contributed by atoms with Crippen molar-refractivity contribution in [1.29, 1.82) is 0 Å². The number of piperidine rings is 1. The molecule has 2 N–H and O–H groups in total. The van der Waals surface area contributed by atoms with Crippen LogP contribution in [-0.4, -0.2) is 29.9 Å². The molecule has 1 amide bonds. The summed E-state index contributed by atoms with van der Waals surface area (Å²) < 4.78 is 0. The Labute approximate surface area is 133 Å². The molecule has 1 aromatic rings. The van der Waals surface area contributed by atoms with Gasteiger partial charge in [0.2, 0.25) is 5.91 Å². The molecule has 0 spiro atoms. The van der Waals surface area contributed by atoms with Crippen LogP contribution in [0.25, 0.3) is 0 Å². The molecule has 22 heavy (non-hydrogen) atoms. The van der Waals surface area contributed by atoms with Crippen LogP contribution in [0.15, 0.2) is 18.2 Å². The Kier molecular flexibility index (Phi) is 4.82. The van der Waals surface area contributed by atoms with Crippen LogP contribution in [0.3, 0.4) is 0 Å². The van der Waals surface area contributed by atoms with Crippen LogP contribution in [-0.2, 0) is 24.1 Å². The van der Waals surface area contributed by atoms with E-state index in [0.29, 0.717) is 12.3 Å². The molecule has 1 heterocycles. The third kappa shape index (κ3) is 3.35. The quantitative estimate of drug-likeness (QED) is 0.933. The summed E-state index contributed by atoms with van der Waals surface area (Å²) in [6.07, 6.45) is 7.50. The molecule has 3 rings (SSSR count). The summed E-state index contributed by atoms with van der Waals surface area (Å²) in [6, 6.07) is 6.91. The van der Waals surface area contributed by atoms with Crippen molar-refractivity contribution in [2.24, 2.45) is 11.7 Å². The number of nitrogens with zero attached hydrogens (tertiary/aromatic N) is 1. The normalized spacial score (nSPS) is 24.9. The standard InChI is InChI=1S/C19H28N2O/c1-2-15-13-21(10-9-18(15)20)19(22)12-14-7-8-16-5-3-4-6-17(16)11-14/h7-8,11,15,18H,2-6,9-10,12-13,20H2,1H3. The summed E-state index contributed by atoms with van der Waals surface area (Å²) in [5.41, 5.74) is 10.3. The molecule has 1 fully saturated rings. The summed E-state index contributed by atoms with van der Waals surface area (Å²) in [6.45, 7) is 3.82. The van der Waals surface area contributed by atoms with E-state index in [9.17, 15) is 4.79 Å². The first-order chi connectivity index (χ1) is 10.7. The number of rotatable bonds is 3. The number of benzene rings is 1. The molecule has 0 bridgehead atoms. The minimum Gasteiger partial charge on any atom is -0.342 e. The average molecular weight is 300 g/mol. The van der Waals surface area contributed by atoms with Gasteiger partial charge in [-0.3, -0.25) is 4.79 Å². The Morgan fingerprint density at radius 3 is 2.82 bits per heavy atom. The number of hydrogen-bond donors (Lipinski definition) is 1. The molecule has 0 radical (unpaired) electrons. The van der Waals surface area contributed by atoms with Gasteiger partial charge in [0.25, 0.3) is 0 Å². The summed E-state index contributed by atoms with van der Waals surface area (Å²) >= 11 is 0. The highest BCUT2D eigenvalue weighted by atomic mass is 16.2. The van der Waals surface area contributed by atoms with Gasteiger partial charge in [-0.05, 0) is 54.7 Å². The monoisotopic (exact) mass is 300 g/mol. The smallest absolute Gasteiger partial charge is 0.227 e. The maximum Gasteiger partial charge on any atom is 0.227 e. The second-order valence-electron chi connectivity index (χ2n) is 6.95. The first kappa shape index (κ1) is 15.5. The second kappa shape index (κ2) is 6.82. The highest BCUT2D eigenvalue weighted by Gasteiger charge is 2.28. The summed E-state index contributed by atoms with van der Waals surface area (Å²) in [7, 11) is 0. The van der Waals surface area contributed by atoms with E-state index in [1.165, 1.54) is 42.4 Å². The molecule has 0 saturated carbocycles. The minimum atomic E-state index is 0.262. The number of carbonyl (C=O) groups is 1. The molecule has 1 aliphatic heterocycles. The van der Waals surface area contributed by atoms with E-state index in [1.54, 1.807) is 0 Å². The number of hydrogen-bond acceptors (Lipinski definition) is 2. The molecule has 3 heteroatoms. The van der Waals surface area contributed by atoms with E-state index in [2.05, 4.69) is 25.1 Å². The highest BCUT2D eigenvalue weighted by molar-refractivity contribution is 5.79. The van der Waals surface area contributed by atoms with Crippen LogP contribution in [0.1, 0.15) is 49.3 Å². The van der Waals surface area contributed by atoms with Crippen molar-refractivity contribution in [2.75, 3.05) is 13.1 Å². The molecule has 2 atom stereocenters. The number of carbonyl (C=O) groups excluding carboxylic acids is 1. The van der Waals surface area contributed by atoms with Crippen molar-refractivity contribution in [3.05, 3.63) is 34.9 Å². The van der Waals surface area contributed by atoms with Gasteiger partial charge in [-0.2, -0.15) is 0 Å². The Balaban J connectivity index is 1.64. The van der Waals surface area contributed by atoms with Gasteiger partial charge in [0.1, 0.15) is 0 Å². The number of likely N-dealkylation sites (tertiary alicyclic amines) is 1. The van der Waals surface area contributed by atoms with E-state index in [4.69, 9.17) is 5.73 Å². The van der Waals surface area contributed by atoms with Crippen LogP contribution in [0.2, 0.25) is 0 Å². The van der Waals surface area contributed by atoms with E-state index in [1.807, 2.05) is 4.90 Å². The first-order valence-electron chi connectivity index (χ1n) is 8.81. The lowest BCUT2D eigenvalue weighted by Crippen LogP contribution is -2.49. The van der Waals surface area contributed by atoms with Crippen LogP contribution in [0.5, 0.6) is 0 Å². The van der Waals surface area contributed by atoms with Crippen molar-refractivity contribution in [2.45, 2.75) is 57.9 Å². The van der Waals surface area contributed by atoms with Crippen LogP contribution >= 0.6 is 0 Å². The highest BCUT2D eigenvalue weighted by Crippen LogP contribution is 2.23. The van der Waals surface area contributed by atoms with Crippen molar-refractivity contribution in [3.8, 4) is 0 Å². The number of amides is 1. The molecule has 2 aliphatic rings. The van der Waals surface area contributed by atoms with E-state index in [0.717, 1.165) is 25.9 Å². The largest absolute Gasteiger partial charge is 0.342 e. The summed E-state index contributed by atoms with van der Waals surface area (Å²) in [5, 5.41) is 0. The van der Waals surface area contributed by atoms with Gasteiger partial charge < -0.3 is 10.6 Å². The third-order valence-electron chi connectivity index (χ3n) is 5.44. The van der Waals surface area contributed by atoms with Crippen LogP contribution < -0.4 is 5.73 Å². The van der Waals surface area contributed by atoms with Gasteiger partial charge >= 0.3 is 0 Å². The number of nitrogens with two attached hydrogens (primary N) is 1. The zero-order valence-electron chi connectivity index (χ0n) is 13.7. The SMILES string of the molecule is CCC1CN(C(=O)Cc2ccc3c(c2)CCCC3)CCC1N. The molecule has 2 unspecified atom stereocenters. The van der Waals surface area contributed by atoms with E-state index in [-0.39, 0.29) is 11.9 Å². The Morgan fingerprint density at radius 2 is 2.05 bits per heavy atom. The fraction of sp³-hybridized carbons (Fsp3) is 0.632. The van der Waals surface area contributed by atoms with E-state index < -0.39 is 0 Å². The molecular formula is C19H28N2O. The van der Waals surface area contributed by atoms with Gasteiger partial charge in [0.05, 0.1) is 6.42 Å². The maximum absolute atomic E-state index is 12.6. The van der Waals surface area contributed by atoms with Crippen molar-refractivity contribution in [3.63, 3.8) is 0 Å². The van der Waals surface area contributed by atoms with Crippen molar-refractivity contribution in [1.82, 2.24) is 4.90 Å². The summed E-state index contributed by atoms with van der Waals surface area (Å²) in [4.78, 5) is 14.6. The molecule has 3 nitrogen and oxygen atoms in total. The lowest BCUT2D eigenvalue weighted by molar-refractivity contribution is -0.132. The molecule has 1 saturated heterocycles. The molecule has 1 aliphatic carbocycles. The van der Waals surface area contributed by atoms with Crippen molar-refractivity contribution < 1.29 is 4.79 Å². The Bertz CT molecular complexity index is 540. The minimum absolute atomic E-state index is 0.262. The lowest BCUT2D eigenvalue weighted by Gasteiger charge is -2.36. The Hall–Kier alpha value is -1.35. The molecular weight excluding hydrogens is 272 g/mol. The topological polar surface area (TPSA) is 46.3 Å². The van der Waals surface area contributed by atoms with Gasteiger partial charge in [-0.25, -0.2) is 0 Å².